The summed E-state index contributed by atoms with van der Waals surface area (Å²) in [6.45, 7) is 2.19. The predicted molar refractivity (Wildman–Crippen MR) is 179 cm³/mol. The molecule has 196 valence electrons. The minimum Gasteiger partial charge on any atom is -0.456 e. The molecule has 9 aromatic rings. The molecule has 1 heteroatoms. The van der Waals surface area contributed by atoms with E-state index in [0.29, 0.717) is 0 Å². The third kappa shape index (κ3) is 3.31. The molecule has 0 atom stereocenters. The highest BCUT2D eigenvalue weighted by atomic mass is 16.3. The van der Waals surface area contributed by atoms with Crippen LogP contribution in [-0.2, 0) is 0 Å². The molecule has 0 saturated heterocycles. The van der Waals surface area contributed by atoms with Crippen LogP contribution in [0.5, 0.6) is 0 Å². The summed E-state index contributed by atoms with van der Waals surface area (Å²) in [4.78, 5) is 0. The van der Waals surface area contributed by atoms with Gasteiger partial charge in [-0.1, -0.05) is 121 Å². The van der Waals surface area contributed by atoms with Crippen molar-refractivity contribution in [1.29, 1.82) is 0 Å². The lowest BCUT2D eigenvalue weighted by atomic mass is 9.83. The van der Waals surface area contributed by atoms with E-state index in [0.717, 1.165) is 21.9 Å². The Morgan fingerprint density at radius 3 is 1.83 bits per heavy atom. The largest absolute Gasteiger partial charge is 0.456 e. The maximum absolute atomic E-state index is 6.19. The Hall–Kier alpha value is -5.40. The lowest BCUT2D eigenvalue weighted by Crippen LogP contribution is -1.93. The Balaban J connectivity index is 1.45. The third-order valence-electron chi connectivity index (χ3n) is 8.88. The molecule has 0 bridgehead atoms. The van der Waals surface area contributed by atoms with E-state index in [-0.39, 0.29) is 0 Å². The van der Waals surface area contributed by atoms with E-state index in [1.54, 1.807) is 0 Å². The van der Waals surface area contributed by atoms with Crippen LogP contribution in [0.2, 0.25) is 0 Å². The summed E-state index contributed by atoms with van der Waals surface area (Å²) >= 11 is 0. The van der Waals surface area contributed by atoms with Crippen LogP contribution in [0.25, 0.3) is 87.3 Å². The third-order valence-corrected chi connectivity index (χ3v) is 8.88. The number of fused-ring (bicyclic) bond motifs is 8. The molecule has 0 saturated carbocycles. The molecular formula is C41H26O. The first kappa shape index (κ1) is 23.3. The van der Waals surface area contributed by atoms with Crippen LogP contribution in [0.15, 0.2) is 144 Å². The van der Waals surface area contributed by atoms with Gasteiger partial charge >= 0.3 is 0 Å². The van der Waals surface area contributed by atoms with Crippen LogP contribution in [0.1, 0.15) is 5.56 Å². The summed E-state index contributed by atoms with van der Waals surface area (Å²) in [7, 11) is 0. The van der Waals surface area contributed by atoms with Crippen LogP contribution in [0, 0.1) is 6.92 Å². The summed E-state index contributed by atoms with van der Waals surface area (Å²) in [6, 6.07) is 50.8. The topological polar surface area (TPSA) is 13.1 Å². The van der Waals surface area contributed by atoms with Gasteiger partial charge in [-0.2, -0.15) is 0 Å². The lowest BCUT2D eigenvalue weighted by Gasteiger charge is -2.20. The van der Waals surface area contributed by atoms with E-state index in [1.807, 2.05) is 12.1 Å². The molecule has 0 fully saturated rings. The van der Waals surface area contributed by atoms with Crippen molar-refractivity contribution in [1.82, 2.24) is 0 Å². The number of rotatable bonds is 2. The normalized spacial score (nSPS) is 11.9. The van der Waals surface area contributed by atoms with Crippen LogP contribution < -0.4 is 0 Å². The zero-order chi connectivity index (χ0) is 27.8. The zero-order valence-corrected chi connectivity index (χ0v) is 23.2. The lowest BCUT2D eigenvalue weighted by molar-refractivity contribution is 0.669. The van der Waals surface area contributed by atoms with Crippen molar-refractivity contribution >= 4 is 65.0 Å². The number of hydrogen-bond donors (Lipinski definition) is 0. The number of hydrogen-bond acceptors (Lipinski definition) is 1. The molecule has 8 aromatic carbocycles. The molecule has 1 aromatic heterocycles. The molecule has 0 aliphatic rings. The molecule has 0 spiro atoms. The minimum atomic E-state index is 0.920. The van der Waals surface area contributed by atoms with Crippen molar-refractivity contribution in [3.05, 3.63) is 145 Å². The smallest absolute Gasteiger partial charge is 0.135 e. The quantitative estimate of drug-likeness (QED) is 0.159. The van der Waals surface area contributed by atoms with Gasteiger partial charge in [0, 0.05) is 10.8 Å². The summed E-state index contributed by atoms with van der Waals surface area (Å²) in [6.07, 6.45) is 0. The molecule has 0 N–H and O–H groups in total. The van der Waals surface area contributed by atoms with Crippen molar-refractivity contribution in [2.24, 2.45) is 0 Å². The standard InChI is InChI=1S/C41H26O/c1-25-18-20-34-36(22-25)40(27-19-21-39-35(24-27)31-14-8-9-17-38(31)42-39)32-15-6-7-16-33(32)41(34)37-23-26-10-2-3-11-28(26)29-12-4-5-13-30(29)37/h2-24H,1H3. The van der Waals surface area contributed by atoms with Crippen molar-refractivity contribution in [2.75, 3.05) is 0 Å². The molecule has 9 rings (SSSR count). The fraction of sp³-hybridized carbons (Fsp3) is 0.0244. The second-order valence-electron chi connectivity index (χ2n) is 11.3. The van der Waals surface area contributed by atoms with Gasteiger partial charge in [-0.25, -0.2) is 0 Å². The summed E-state index contributed by atoms with van der Waals surface area (Å²) in [5.41, 5.74) is 8.14. The van der Waals surface area contributed by atoms with E-state index >= 15 is 0 Å². The number of para-hydroxylation sites is 1. The summed E-state index contributed by atoms with van der Waals surface area (Å²) in [5.74, 6) is 0. The average Bonchev–Trinajstić information content (AvgIpc) is 3.41. The fourth-order valence-electron chi connectivity index (χ4n) is 7.04. The van der Waals surface area contributed by atoms with Gasteiger partial charge < -0.3 is 4.42 Å². The Bertz CT molecular complexity index is 2530. The first-order valence-corrected chi connectivity index (χ1v) is 14.5. The van der Waals surface area contributed by atoms with Crippen LogP contribution in [0.4, 0.5) is 0 Å². The SMILES string of the molecule is Cc1ccc2c(-c3cc4ccccc4c4ccccc34)c3ccccc3c(-c3ccc4oc5ccccc5c4c3)c2c1. The van der Waals surface area contributed by atoms with Gasteiger partial charge in [0.1, 0.15) is 11.2 Å². The van der Waals surface area contributed by atoms with Gasteiger partial charge in [0.2, 0.25) is 0 Å². The van der Waals surface area contributed by atoms with E-state index in [1.165, 1.54) is 70.9 Å². The van der Waals surface area contributed by atoms with Gasteiger partial charge in [0.05, 0.1) is 0 Å². The highest BCUT2D eigenvalue weighted by Gasteiger charge is 2.20. The second-order valence-corrected chi connectivity index (χ2v) is 11.3. The molecule has 1 heterocycles. The maximum atomic E-state index is 6.19. The van der Waals surface area contributed by atoms with Gasteiger partial charge in [0.25, 0.3) is 0 Å². The number of furan rings is 1. The van der Waals surface area contributed by atoms with E-state index in [9.17, 15) is 0 Å². The molecule has 0 amide bonds. The fourth-order valence-corrected chi connectivity index (χ4v) is 7.04. The monoisotopic (exact) mass is 534 g/mol. The van der Waals surface area contributed by atoms with E-state index in [4.69, 9.17) is 4.42 Å². The molecular weight excluding hydrogens is 508 g/mol. The van der Waals surface area contributed by atoms with Gasteiger partial charge in [0.15, 0.2) is 0 Å². The molecule has 42 heavy (non-hydrogen) atoms. The molecule has 0 radical (unpaired) electrons. The Morgan fingerprint density at radius 2 is 1.00 bits per heavy atom. The maximum Gasteiger partial charge on any atom is 0.135 e. The van der Waals surface area contributed by atoms with Crippen molar-refractivity contribution in [2.45, 2.75) is 6.92 Å². The minimum absolute atomic E-state index is 0.920. The number of aryl methyl sites for hydroxylation is 1. The summed E-state index contributed by atoms with van der Waals surface area (Å²) < 4.78 is 6.19. The average molecular weight is 535 g/mol. The highest BCUT2D eigenvalue weighted by Crippen LogP contribution is 2.47. The second kappa shape index (κ2) is 8.80. The first-order chi connectivity index (χ1) is 20.7. The van der Waals surface area contributed by atoms with Crippen molar-refractivity contribution in [3.8, 4) is 22.3 Å². The molecule has 0 aliphatic carbocycles. The highest BCUT2D eigenvalue weighted by molar-refractivity contribution is 6.26. The Morgan fingerprint density at radius 1 is 0.381 bits per heavy atom. The summed E-state index contributed by atoms with van der Waals surface area (Å²) in [5, 5.41) is 12.5. The van der Waals surface area contributed by atoms with Crippen LogP contribution in [-0.4, -0.2) is 0 Å². The van der Waals surface area contributed by atoms with Crippen molar-refractivity contribution in [3.63, 3.8) is 0 Å². The van der Waals surface area contributed by atoms with E-state index < -0.39 is 0 Å². The van der Waals surface area contributed by atoms with Gasteiger partial charge in [-0.05, 0) is 96.5 Å². The van der Waals surface area contributed by atoms with Crippen LogP contribution in [0.3, 0.4) is 0 Å². The van der Waals surface area contributed by atoms with Gasteiger partial charge in [-0.3, -0.25) is 0 Å². The zero-order valence-electron chi connectivity index (χ0n) is 23.2. The number of benzene rings is 8. The molecule has 0 unspecified atom stereocenters. The van der Waals surface area contributed by atoms with Crippen molar-refractivity contribution < 1.29 is 4.42 Å². The van der Waals surface area contributed by atoms with Crippen LogP contribution >= 0.6 is 0 Å². The van der Waals surface area contributed by atoms with E-state index in [2.05, 4.69) is 134 Å². The Kier molecular flexibility index (Phi) is 4.88. The first-order valence-electron chi connectivity index (χ1n) is 14.5. The Labute approximate surface area is 243 Å². The van der Waals surface area contributed by atoms with Gasteiger partial charge in [-0.15, -0.1) is 0 Å². The molecule has 0 aliphatic heterocycles. The predicted octanol–water partition coefficient (Wildman–Crippen LogP) is 11.8. The molecule has 1 nitrogen and oxygen atoms in total.